The first-order valence-corrected chi connectivity index (χ1v) is 5.27. The first-order valence-electron chi connectivity index (χ1n) is 5.27. The maximum Gasteiger partial charge on any atom is 0.331 e. The molecule has 2 aromatic rings. The third-order valence-electron chi connectivity index (χ3n) is 2.15. The Morgan fingerprint density at radius 3 is 2.71 bits per heavy atom. The van der Waals surface area contributed by atoms with Gasteiger partial charge in [-0.05, 0) is 23.8 Å². The maximum absolute atomic E-state index is 11.4. The van der Waals surface area contributed by atoms with Crippen LogP contribution in [-0.4, -0.2) is 5.97 Å². The predicted molar refractivity (Wildman–Crippen MR) is 64.0 cm³/mol. The third kappa shape index (κ3) is 3.65. The molecule has 0 fully saturated rings. The molecule has 86 valence electrons. The van der Waals surface area contributed by atoms with Gasteiger partial charge in [-0.25, -0.2) is 4.79 Å². The van der Waals surface area contributed by atoms with Gasteiger partial charge < -0.3 is 9.15 Å². The number of rotatable bonds is 4. The normalized spacial score (nSPS) is 10.6. The molecule has 0 radical (unpaired) electrons. The molecule has 3 heteroatoms. The topological polar surface area (TPSA) is 39.4 Å². The molecule has 0 aliphatic carbocycles. The molecule has 17 heavy (non-hydrogen) atoms. The quantitative estimate of drug-likeness (QED) is 0.596. The van der Waals surface area contributed by atoms with E-state index in [2.05, 4.69) is 0 Å². The largest absolute Gasteiger partial charge is 0.466 e. The van der Waals surface area contributed by atoms with Gasteiger partial charge in [0.05, 0.1) is 6.26 Å². The van der Waals surface area contributed by atoms with Crippen molar-refractivity contribution >= 4 is 12.0 Å². The summed E-state index contributed by atoms with van der Waals surface area (Å²) < 4.78 is 10.0. The predicted octanol–water partition coefficient (Wildman–Crippen LogP) is 3.04. The van der Waals surface area contributed by atoms with Crippen LogP contribution >= 0.6 is 0 Å². The van der Waals surface area contributed by atoms with Crippen LogP contribution in [-0.2, 0) is 16.1 Å². The standard InChI is InChI=1S/C14H12O3/c15-14(17-11-13-7-4-10-16-13)9-8-12-5-2-1-3-6-12/h1-10H,11H2/b9-8+. The van der Waals surface area contributed by atoms with E-state index in [0.717, 1.165) is 5.56 Å². The molecule has 0 bridgehead atoms. The van der Waals surface area contributed by atoms with Gasteiger partial charge in [0.1, 0.15) is 12.4 Å². The fourth-order valence-electron chi connectivity index (χ4n) is 1.31. The van der Waals surface area contributed by atoms with Crippen molar-refractivity contribution in [1.82, 2.24) is 0 Å². The molecule has 1 aromatic heterocycles. The molecule has 1 heterocycles. The summed E-state index contributed by atoms with van der Waals surface area (Å²) in [5.74, 6) is 0.247. The van der Waals surface area contributed by atoms with Crippen molar-refractivity contribution in [2.75, 3.05) is 0 Å². The fraction of sp³-hybridized carbons (Fsp3) is 0.0714. The van der Waals surface area contributed by atoms with Crippen LogP contribution in [0.1, 0.15) is 11.3 Å². The summed E-state index contributed by atoms with van der Waals surface area (Å²) in [6.07, 6.45) is 4.66. The minimum absolute atomic E-state index is 0.158. The average Bonchev–Trinajstić information content (AvgIpc) is 2.88. The van der Waals surface area contributed by atoms with Crippen LogP contribution in [0.15, 0.2) is 59.2 Å². The summed E-state index contributed by atoms with van der Waals surface area (Å²) in [5.41, 5.74) is 0.961. The van der Waals surface area contributed by atoms with Crippen LogP contribution in [0.5, 0.6) is 0 Å². The van der Waals surface area contributed by atoms with Crippen LogP contribution in [0, 0.1) is 0 Å². The lowest BCUT2D eigenvalue weighted by molar-refractivity contribution is -0.139. The van der Waals surface area contributed by atoms with Crippen molar-refractivity contribution in [1.29, 1.82) is 0 Å². The van der Waals surface area contributed by atoms with E-state index in [-0.39, 0.29) is 12.6 Å². The molecule has 0 aliphatic rings. The molecular weight excluding hydrogens is 216 g/mol. The smallest absolute Gasteiger partial charge is 0.331 e. The Morgan fingerprint density at radius 2 is 2.00 bits per heavy atom. The molecule has 0 N–H and O–H groups in total. The monoisotopic (exact) mass is 228 g/mol. The van der Waals surface area contributed by atoms with Crippen molar-refractivity contribution in [3.05, 3.63) is 66.1 Å². The average molecular weight is 228 g/mol. The van der Waals surface area contributed by atoms with E-state index in [0.29, 0.717) is 5.76 Å². The Bertz CT molecular complexity index is 483. The summed E-state index contributed by atoms with van der Waals surface area (Å²) in [5, 5.41) is 0. The first kappa shape index (κ1) is 11.2. The zero-order valence-corrected chi connectivity index (χ0v) is 9.21. The number of carbonyl (C=O) groups is 1. The van der Waals surface area contributed by atoms with E-state index in [1.165, 1.54) is 6.08 Å². The number of esters is 1. The SMILES string of the molecule is O=C(/C=C/c1ccccc1)OCc1ccco1. The second-order valence-corrected chi connectivity index (χ2v) is 3.43. The zero-order valence-electron chi connectivity index (χ0n) is 9.21. The van der Waals surface area contributed by atoms with Crippen LogP contribution in [0.3, 0.4) is 0 Å². The fourth-order valence-corrected chi connectivity index (χ4v) is 1.31. The van der Waals surface area contributed by atoms with Crippen molar-refractivity contribution < 1.29 is 13.9 Å². The number of hydrogen-bond acceptors (Lipinski definition) is 3. The van der Waals surface area contributed by atoms with Gasteiger partial charge in [-0.15, -0.1) is 0 Å². The second kappa shape index (κ2) is 5.70. The van der Waals surface area contributed by atoms with Gasteiger partial charge in [0, 0.05) is 6.08 Å². The molecule has 3 nitrogen and oxygen atoms in total. The van der Waals surface area contributed by atoms with Crippen molar-refractivity contribution in [3.8, 4) is 0 Å². The molecule has 0 aliphatic heterocycles. The highest BCUT2D eigenvalue weighted by Gasteiger charge is 2.00. The summed E-state index contributed by atoms with van der Waals surface area (Å²) in [7, 11) is 0. The third-order valence-corrected chi connectivity index (χ3v) is 2.15. The Kier molecular flexibility index (Phi) is 3.76. The van der Waals surface area contributed by atoms with Gasteiger partial charge in [0.2, 0.25) is 0 Å². The van der Waals surface area contributed by atoms with Crippen molar-refractivity contribution in [2.45, 2.75) is 6.61 Å². The van der Waals surface area contributed by atoms with Gasteiger partial charge in [-0.1, -0.05) is 30.3 Å². The van der Waals surface area contributed by atoms with E-state index in [1.807, 2.05) is 30.3 Å². The van der Waals surface area contributed by atoms with Gasteiger partial charge in [0.15, 0.2) is 0 Å². The van der Waals surface area contributed by atoms with Crippen LogP contribution in [0.25, 0.3) is 6.08 Å². The van der Waals surface area contributed by atoms with Crippen LogP contribution in [0.4, 0.5) is 0 Å². The van der Waals surface area contributed by atoms with Gasteiger partial charge in [-0.3, -0.25) is 0 Å². The summed E-state index contributed by atoms with van der Waals surface area (Å²) in [4.78, 5) is 11.4. The number of carbonyl (C=O) groups excluding carboxylic acids is 1. The second-order valence-electron chi connectivity index (χ2n) is 3.43. The van der Waals surface area contributed by atoms with E-state index in [9.17, 15) is 4.79 Å². The minimum atomic E-state index is -0.384. The minimum Gasteiger partial charge on any atom is -0.466 e. The van der Waals surface area contributed by atoms with E-state index in [1.54, 1.807) is 24.5 Å². The van der Waals surface area contributed by atoms with E-state index < -0.39 is 0 Å². The number of ether oxygens (including phenoxy) is 1. The summed E-state index contributed by atoms with van der Waals surface area (Å²) >= 11 is 0. The van der Waals surface area contributed by atoms with Crippen molar-refractivity contribution in [3.63, 3.8) is 0 Å². The molecular formula is C14H12O3. The lowest BCUT2D eigenvalue weighted by atomic mass is 10.2. The molecule has 0 spiro atoms. The van der Waals surface area contributed by atoms with Crippen LogP contribution in [0.2, 0.25) is 0 Å². The Hall–Kier alpha value is -2.29. The lowest BCUT2D eigenvalue weighted by Crippen LogP contribution is -1.99. The van der Waals surface area contributed by atoms with Gasteiger partial charge in [-0.2, -0.15) is 0 Å². The molecule has 0 atom stereocenters. The Balaban J connectivity index is 1.83. The highest BCUT2D eigenvalue weighted by molar-refractivity contribution is 5.86. The van der Waals surface area contributed by atoms with E-state index in [4.69, 9.17) is 9.15 Å². The summed E-state index contributed by atoms with van der Waals surface area (Å²) in [6.45, 7) is 0.158. The number of hydrogen-bond donors (Lipinski definition) is 0. The van der Waals surface area contributed by atoms with Crippen LogP contribution < -0.4 is 0 Å². The van der Waals surface area contributed by atoms with Gasteiger partial charge >= 0.3 is 5.97 Å². The molecule has 0 unspecified atom stereocenters. The molecule has 1 aromatic carbocycles. The lowest BCUT2D eigenvalue weighted by Gasteiger charge is -1.98. The number of furan rings is 1. The van der Waals surface area contributed by atoms with E-state index >= 15 is 0 Å². The molecule has 0 saturated carbocycles. The van der Waals surface area contributed by atoms with Crippen molar-refractivity contribution in [2.24, 2.45) is 0 Å². The Morgan fingerprint density at radius 1 is 1.18 bits per heavy atom. The highest BCUT2D eigenvalue weighted by atomic mass is 16.5. The van der Waals surface area contributed by atoms with Gasteiger partial charge in [0.25, 0.3) is 0 Å². The summed E-state index contributed by atoms with van der Waals surface area (Å²) in [6, 6.07) is 13.1. The highest BCUT2D eigenvalue weighted by Crippen LogP contribution is 2.04. The first-order chi connectivity index (χ1) is 8.34. The zero-order chi connectivity index (χ0) is 11.9. The number of benzene rings is 1. The molecule has 0 amide bonds. The molecule has 0 saturated heterocycles. The Labute approximate surface area is 99.3 Å². The maximum atomic E-state index is 11.4. The molecule has 2 rings (SSSR count).